The first kappa shape index (κ1) is 11.8. The van der Waals surface area contributed by atoms with E-state index in [0.717, 1.165) is 5.56 Å². The van der Waals surface area contributed by atoms with Gasteiger partial charge >= 0.3 is 6.36 Å². The molecule has 1 heterocycles. The number of hydrogen-bond acceptors (Lipinski definition) is 3. The highest BCUT2D eigenvalue weighted by molar-refractivity contribution is 5.35. The van der Waals surface area contributed by atoms with Crippen molar-refractivity contribution in [2.75, 3.05) is 12.3 Å². The fourth-order valence-corrected chi connectivity index (χ4v) is 1.06. The minimum Gasteiger partial charge on any atom is -0.382 e. The van der Waals surface area contributed by atoms with E-state index in [1.54, 1.807) is 13.1 Å². The van der Waals surface area contributed by atoms with Crippen molar-refractivity contribution in [3.8, 4) is 0 Å². The van der Waals surface area contributed by atoms with Gasteiger partial charge in [-0.25, -0.2) is 0 Å². The molecular formula is C8H12F3N3O. The highest BCUT2D eigenvalue weighted by atomic mass is 19.4. The second-order valence-electron chi connectivity index (χ2n) is 3.11. The normalized spacial score (nSPS) is 12.0. The standard InChI is InChI=1S/C8H12F3N3O/c1-6-5-14(13-7(6)12)3-2-4-15-8(9,10)11/h5H,2-4H2,1H3,(H2,12,13). The van der Waals surface area contributed by atoms with Crippen molar-refractivity contribution < 1.29 is 17.9 Å². The van der Waals surface area contributed by atoms with Crippen LogP contribution in [0.4, 0.5) is 19.0 Å². The van der Waals surface area contributed by atoms with E-state index in [4.69, 9.17) is 5.73 Å². The molecule has 0 radical (unpaired) electrons. The van der Waals surface area contributed by atoms with Crippen LogP contribution in [0.5, 0.6) is 0 Å². The Morgan fingerprint density at radius 3 is 2.67 bits per heavy atom. The minimum atomic E-state index is -4.56. The molecule has 0 unspecified atom stereocenters. The quantitative estimate of drug-likeness (QED) is 0.790. The van der Waals surface area contributed by atoms with Crippen LogP contribution in [0.15, 0.2) is 6.20 Å². The van der Waals surface area contributed by atoms with E-state index in [1.165, 1.54) is 4.68 Å². The number of nitrogen functional groups attached to an aromatic ring is 1. The lowest BCUT2D eigenvalue weighted by Gasteiger charge is -2.06. The zero-order valence-electron chi connectivity index (χ0n) is 8.21. The summed E-state index contributed by atoms with van der Waals surface area (Å²) >= 11 is 0. The molecule has 0 fully saturated rings. The molecule has 0 spiro atoms. The van der Waals surface area contributed by atoms with Crippen LogP contribution >= 0.6 is 0 Å². The van der Waals surface area contributed by atoms with Crippen molar-refractivity contribution >= 4 is 5.82 Å². The SMILES string of the molecule is Cc1cn(CCCOC(F)(F)F)nc1N. The van der Waals surface area contributed by atoms with Crippen molar-refractivity contribution in [3.63, 3.8) is 0 Å². The number of nitrogens with two attached hydrogens (primary N) is 1. The van der Waals surface area contributed by atoms with Crippen LogP contribution < -0.4 is 5.73 Å². The predicted octanol–water partition coefficient (Wildman–Crippen LogP) is 1.70. The molecule has 0 bridgehead atoms. The van der Waals surface area contributed by atoms with E-state index in [0.29, 0.717) is 12.4 Å². The largest absolute Gasteiger partial charge is 0.522 e. The van der Waals surface area contributed by atoms with E-state index in [-0.39, 0.29) is 13.0 Å². The van der Waals surface area contributed by atoms with Crippen molar-refractivity contribution in [2.24, 2.45) is 0 Å². The summed E-state index contributed by atoms with van der Waals surface area (Å²) in [5.41, 5.74) is 6.28. The van der Waals surface area contributed by atoms with Crippen LogP contribution in [0.3, 0.4) is 0 Å². The fraction of sp³-hybridized carbons (Fsp3) is 0.625. The van der Waals surface area contributed by atoms with Gasteiger partial charge in [0.25, 0.3) is 0 Å². The van der Waals surface area contributed by atoms with Gasteiger partial charge in [-0.3, -0.25) is 9.42 Å². The Labute approximate surface area is 84.8 Å². The maximum atomic E-state index is 11.6. The monoisotopic (exact) mass is 223 g/mol. The molecule has 0 aromatic carbocycles. The average Bonchev–Trinajstić information content (AvgIpc) is 2.39. The molecule has 1 aromatic heterocycles. The third kappa shape index (κ3) is 4.20. The molecule has 0 aliphatic heterocycles. The molecule has 0 amide bonds. The van der Waals surface area contributed by atoms with Gasteiger partial charge in [0, 0.05) is 18.3 Å². The molecule has 0 aliphatic rings. The molecule has 1 rings (SSSR count). The summed E-state index contributed by atoms with van der Waals surface area (Å²) in [5.74, 6) is 0.395. The van der Waals surface area contributed by atoms with Crippen LogP contribution in [0, 0.1) is 6.92 Å². The van der Waals surface area contributed by atoms with Crippen LogP contribution in [0.1, 0.15) is 12.0 Å². The molecule has 0 aliphatic carbocycles. The van der Waals surface area contributed by atoms with Crippen LogP contribution in [0.2, 0.25) is 0 Å². The lowest BCUT2D eigenvalue weighted by atomic mass is 10.4. The van der Waals surface area contributed by atoms with Crippen molar-refractivity contribution in [2.45, 2.75) is 26.3 Å². The van der Waals surface area contributed by atoms with Crippen molar-refractivity contribution in [3.05, 3.63) is 11.8 Å². The first-order chi connectivity index (χ1) is 6.88. The summed E-state index contributed by atoms with van der Waals surface area (Å²) in [6.45, 7) is 1.77. The molecule has 1 aromatic rings. The van der Waals surface area contributed by atoms with E-state index < -0.39 is 6.36 Å². The zero-order valence-corrected chi connectivity index (χ0v) is 8.21. The first-order valence-electron chi connectivity index (χ1n) is 4.39. The number of rotatable bonds is 4. The molecule has 15 heavy (non-hydrogen) atoms. The third-order valence-corrected chi connectivity index (χ3v) is 1.78. The van der Waals surface area contributed by atoms with E-state index in [2.05, 4.69) is 9.84 Å². The lowest BCUT2D eigenvalue weighted by Crippen LogP contribution is -2.15. The van der Waals surface area contributed by atoms with E-state index in [9.17, 15) is 13.2 Å². The first-order valence-corrected chi connectivity index (χ1v) is 4.39. The molecule has 7 heteroatoms. The Morgan fingerprint density at radius 2 is 2.20 bits per heavy atom. The number of ether oxygens (including phenoxy) is 1. The van der Waals surface area contributed by atoms with Gasteiger partial charge in [-0.1, -0.05) is 0 Å². The lowest BCUT2D eigenvalue weighted by molar-refractivity contribution is -0.324. The van der Waals surface area contributed by atoms with Crippen molar-refractivity contribution in [1.29, 1.82) is 0 Å². The number of nitrogens with zero attached hydrogens (tertiary/aromatic N) is 2. The summed E-state index contributed by atoms with van der Waals surface area (Å²) in [5, 5.41) is 3.90. The molecular weight excluding hydrogens is 211 g/mol. The fourth-order valence-electron chi connectivity index (χ4n) is 1.06. The summed E-state index contributed by atoms with van der Waals surface area (Å²) in [6.07, 6.45) is -2.64. The molecule has 0 atom stereocenters. The van der Waals surface area contributed by atoms with Gasteiger partial charge in [-0.15, -0.1) is 13.2 Å². The van der Waals surface area contributed by atoms with E-state index >= 15 is 0 Å². The minimum absolute atomic E-state index is 0.236. The van der Waals surface area contributed by atoms with Gasteiger partial charge in [0.1, 0.15) is 5.82 Å². The Morgan fingerprint density at radius 1 is 1.53 bits per heavy atom. The van der Waals surface area contributed by atoms with Crippen LogP contribution in [0.25, 0.3) is 0 Å². The number of alkyl halides is 3. The highest BCUT2D eigenvalue weighted by Crippen LogP contribution is 2.16. The van der Waals surface area contributed by atoms with Gasteiger partial charge in [-0.05, 0) is 13.3 Å². The van der Waals surface area contributed by atoms with Gasteiger partial charge in [0.15, 0.2) is 0 Å². The number of aromatic nitrogens is 2. The third-order valence-electron chi connectivity index (χ3n) is 1.78. The predicted molar refractivity (Wildman–Crippen MR) is 48.0 cm³/mol. The van der Waals surface area contributed by atoms with Gasteiger partial charge in [0.05, 0.1) is 6.61 Å². The average molecular weight is 223 g/mol. The van der Waals surface area contributed by atoms with Gasteiger partial charge in [0.2, 0.25) is 0 Å². The number of halogens is 3. The van der Waals surface area contributed by atoms with Crippen molar-refractivity contribution in [1.82, 2.24) is 9.78 Å². The molecule has 2 N–H and O–H groups in total. The molecule has 4 nitrogen and oxygen atoms in total. The maximum absolute atomic E-state index is 11.6. The van der Waals surface area contributed by atoms with Crippen LogP contribution in [-0.2, 0) is 11.3 Å². The Balaban J connectivity index is 2.26. The van der Waals surface area contributed by atoms with Gasteiger partial charge < -0.3 is 5.73 Å². The van der Waals surface area contributed by atoms with Crippen LogP contribution in [-0.4, -0.2) is 22.7 Å². The Kier molecular flexibility index (Phi) is 3.57. The molecule has 0 saturated carbocycles. The zero-order chi connectivity index (χ0) is 11.5. The number of hydrogen-bond donors (Lipinski definition) is 1. The highest BCUT2D eigenvalue weighted by Gasteiger charge is 2.28. The topological polar surface area (TPSA) is 53.1 Å². The Bertz CT molecular complexity index is 302. The second-order valence-corrected chi connectivity index (χ2v) is 3.11. The number of anilines is 1. The smallest absolute Gasteiger partial charge is 0.382 e. The maximum Gasteiger partial charge on any atom is 0.522 e. The summed E-state index contributed by atoms with van der Waals surface area (Å²) in [4.78, 5) is 0. The summed E-state index contributed by atoms with van der Waals surface area (Å²) < 4.78 is 39.9. The Hall–Kier alpha value is -1.24. The molecule has 86 valence electrons. The molecule has 0 saturated heterocycles. The summed E-state index contributed by atoms with van der Waals surface area (Å²) in [7, 11) is 0. The van der Waals surface area contributed by atoms with Gasteiger partial charge in [-0.2, -0.15) is 5.10 Å². The number of aryl methyl sites for hydroxylation is 2. The van der Waals surface area contributed by atoms with E-state index in [1.807, 2.05) is 0 Å². The second kappa shape index (κ2) is 4.52. The summed E-state index contributed by atoms with van der Waals surface area (Å²) in [6, 6.07) is 0.